The fourth-order valence-electron chi connectivity index (χ4n) is 3.22. The Labute approximate surface area is 157 Å². The third kappa shape index (κ3) is 3.05. The van der Waals surface area contributed by atoms with Gasteiger partial charge >= 0.3 is 0 Å². The number of ether oxygens (including phenoxy) is 1. The van der Waals surface area contributed by atoms with Crippen molar-refractivity contribution in [3.05, 3.63) is 72.4 Å². The number of benzene rings is 2. The number of halogens is 1. The van der Waals surface area contributed by atoms with Crippen molar-refractivity contribution in [1.29, 1.82) is 0 Å². The van der Waals surface area contributed by atoms with E-state index >= 15 is 0 Å². The Morgan fingerprint density at radius 1 is 1.00 bits per heavy atom. The molecule has 0 radical (unpaired) electrons. The molecule has 0 fully saturated rings. The second kappa shape index (κ2) is 6.83. The summed E-state index contributed by atoms with van der Waals surface area (Å²) in [5.41, 5.74) is 5.04. The van der Waals surface area contributed by atoms with Crippen LogP contribution in [-0.2, 0) is 0 Å². The van der Waals surface area contributed by atoms with E-state index in [2.05, 4.69) is 42.0 Å². The van der Waals surface area contributed by atoms with Gasteiger partial charge in [-0.15, -0.1) is 0 Å². The summed E-state index contributed by atoms with van der Waals surface area (Å²) >= 11 is 0. The molecule has 2 aromatic heterocycles. The molecule has 0 aliphatic carbocycles. The molecule has 4 aromatic rings. The SMILES string of the molecule is COc1ncccc1-c1cc(-n2cnc3cc(C(C)C)ccc32)ccc1F. The van der Waals surface area contributed by atoms with Gasteiger partial charge < -0.3 is 4.74 Å². The minimum Gasteiger partial charge on any atom is -0.481 e. The van der Waals surface area contributed by atoms with Gasteiger partial charge in [0.2, 0.25) is 5.88 Å². The first kappa shape index (κ1) is 17.2. The number of pyridine rings is 1. The van der Waals surface area contributed by atoms with Crippen molar-refractivity contribution in [2.75, 3.05) is 7.11 Å². The molecule has 0 N–H and O–H groups in total. The van der Waals surface area contributed by atoms with Crippen LogP contribution in [0.2, 0.25) is 0 Å². The van der Waals surface area contributed by atoms with Gasteiger partial charge in [0.15, 0.2) is 0 Å². The van der Waals surface area contributed by atoms with Crippen LogP contribution in [0.3, 0.4) is 0 Å². The molecular formula is C22H20FN3O. The molecule has 2 heterocycles. The second-order valence-electron chi connectivity index (χ2n) is 6.74. The lowest BCUT2D eigenvalue weighted by molar-refractivity contribution is 0.399. The topological polar surface area (TPSA) is 39.9 Å². The average Bonchev–Trinajstić information content (AvgIpc) is 3.11. The van der Waals surface area contributed by atoms with Crippen molar-refractivity contribution in [2.24, 2.45) is 0 Å². The quantitative estimate of drug-likeness (QED) is 0.491. The molecule has 27 heavy (non-hydrogen) atoms. The van der Waals surface area contributed by atoms with E-state index in [1.54, 1.807) is 36.8 Å². The van der Waals surface area contributed by atoms with Crippen LogP contribution in [0.25, 0.3) is 27.8 Å². The molecule has 0 saturated carbocycles. The van der Waals surface area contributed by atoms with E-state index in [0.717, 1.165) is 16.7 Å². The summed E-state index contributed by atoms with van der Waals surface area (Å²) in [7, 11) is 1.53. The number of hydrogen-bond donors (Lipinski definition) is 0. The molecule has 0 aliphatic rings. The molecule has 4 rings (SSSR count). The molecule has 0 atom stereocenters. The molecule has 0 amide bonds. The van der Waals surface area contributed by atoms with E-state index < -0.39 is 0 Å². The number of rotatable bonds is 4. The van der Waals surface area contributed by atoms with Crippen LogP contribution in [-0.4, -0.2) is 21.6 Å². The zero-order valence-electron chi connectivity index (χ0n) is 15.5. The van der Waals surface area contributed by atoms with Crippen molar-refractivity contribution >= 4 is 11.0 Å². The fraction of sp³-hybridized carbons (Fsp3) is 0.182. The van der Waals surface area contributed by atoms with E-state index in [9.17, 15) is 4.39 Å². The summed E-state index contributed by atoms with van der Waals surface area (Å²) in [5.74, 6) is 0.511. The van der Waals surface area contributed by atoms with Gasteiger partial charge in [-0.25, -0.2) is 14.4 Å². The minimum absolute atomic E-state index is 0.323. The van der Waals surface area contributed by atoms with E-state index in [-0.39, 0.29) is 5.82 Å². The standard InChI is InChI=1S/C22H20FN3O/c1-14(2)15-6-9-21-20(11-15)25-13-26(21)16-7-8-19(23)18(12-16)17-5-4-10-24-22(17)27-3/h4-14H,1-3H3. The van der Waals surface area contributed by atoms with Gasteiger partial charge in [0.1, 0.15) is 12.1 Å². The van der Waals surface area contributed by atoms with E-state index in [1.807, 2.05) is 4.57 Å². The van der Waals surface area contributed by atoms with Crippen molar-refractivity contribution < 1.29 is 9.13 Å². The Balaban J connectivity index is 1.85. The number of fused-ring (bicyclic) bond motifs is 1. The normalized spacial score (nSPS) is 11.3. The molecule has 4 nitrogen and oxygen atoms in total. The van der Waals surface area contributed by atoms with Crippen molar-refractivity contribution in [3.8, 4) is 22.7 Å². The van der Waals surface area contributed by atoms with Crippen LogP contribution in [0.15, 0.2) is 61.1 Å². The minimum atomic E-state index is -0.323. The van der Waals surface area contributed by atoms with Gasteiger partial charge in [0, 0.05) is 23.0 Å². The van der Waals surface area contributed by atoms with Gasteiger partial charge in [-0.3, -0.25) is 4.57 Å². The predicted octanol–water partition coefficient (Wildman–Crippen LogP) is 5.36. The summed E-state index contributed by atoms with van der Waals surface area (Å²) < 4.78 is 21.8. The second-order valence-corrected chi connectivity index (χ2v) is 6.74. The molecule has 0 unspecified atom stereocenters. The monoisotopic (exact) mass is 361 g/mol. The highest BCUT2D eigenvalue weighted by atomic mass is 19.1. The molecule has 0 saturated heterocycles. The van der Waals surface area contributed by atoms with E-state index in [4.69, 9.17) is 4.74 Å². The summed E-state index contributed by atoms with van der Waals surface area (Å²) in [5, 5.41) is 0. The first-order chi connectivity index (χ1) is 13.1. The molecule has 5 heteroatoms. The zero-order chi connectivity index (χ0) is 19.0. The largest absolute Gasteiger partial charge is 0.481 e. The van der Waals surface area contributed by atoms with Gasteiger partial charge in [0.05, 0.1) is 18.1 Å². The number of hydrogen-bond acceptors (Lipinski definition) is 3. The van der Waals surface area contributed by atoms with Crippen LogP contribution in [0.1, 0.15) is 25.3 Å². The Morgan fingerprint density at radius 2 is 1.85 bits per heavy atom. The Bertz CT molecular complexity index is 1120. The maximum atomic E-state index is 14.6. The molecular weight excluding hydrogens is 341 g/mol. The fourth-order valence-corrected chi connectivity index (χ4v) is 3.22. The Hall–Kier alpha value is -3.21. The van der Waals surface area contributed by atoms with Crippen LogP contribution in [0.4, 0.5) is 4.39 Å². The molecule has 2 aromatic carbocycles. The summed E-state index contributed by atoms with van der Waals surface area (Å²) in [6, 6.07) is 14.9. The highest BCUT2D eigenvalue weighted by molar-refractivity contribution is 5.79. The first-order valence-corrected chi connectivity index (χ1v) is 8.85. The maximum absolute atomic E-state index is 14.6. The summed E-state index contributed by atoms with van der Waals surface area (Å²) in [4.78, 5) is 8.70. The van der Waals surface area contributed by atoms with E-state index in [1.165, 1.54) is 18.7 Å². The van der Waals surface area contributed by atoms with Gasteiger partial charge in [0.25, 0.3) is 0 Å². The molecule has 0 spiro atoms. The van der Waals surface area contributed by atoms with E-state index in [0.29, 0.717) is 22.9 Å². The third-order valence-electron chi connectivity index (χ3n) is 4.72. The number of methoxy groups -OCH3 is 1. The Morgan fingerprint density at radius 3 is 2.63 bits per heavy atom. The number of nitrogens with zero attached hydrogens (tertiary/aromatic N) is 3. The highest BCUT2D eigenvalue weighted by Crippen LogP contribution is 2.32. The number of aromatic nitrogens is 3. The summed E-state index contributed by atoms with van der Waals surface area (Å²) in [6.45, 7) is 4.32. The molecule has 0 bridgehead atoms. The van der Waals surface area contributed by atoms with Crippen molar-refractivity contribution in [1.82, 2.24) is 14.5 Å². The van der Waals surface area contributed by atoms with Gasteiger partial charge in [-0.2, -0.15) is 0 Å². The summed E-state index contributed by atoms with van der Waals surface area (Å²) in [6.07, 6.45) is 3.39. The molecule has 0 aliphatic heterocycles. The lowest BCUT2D eigenvalue weighted by Gasteiger charge is -2.11. The van der Waals surface area contributed by atoms with Crippen LogP contribution in [0.5, 0.6) is 5.88 Å². The molecule has 136 valence electrons. The van der Waals surface area contributed by atoms with Crippen LogP contribution in [0, 0.1) is 5.82 Å². The lowest BCUT2D eigenvalue weighted by Crippen LogP contribution is -1.97. The number of imidazole rings is 1. The van der Waals surface area contributed by atoms with Crippen molar-refractivity contribution in [2.45, 2.75) is 19.8 Å². The first-order valence-electron chi connectivity index (χ1n) is 8.85. The van der Waals surface area contributed by atoms with Crippen LogP contribution >= 0.6 is 0 Å². The lowest BCUT2D eigenvalue weighted by atomic mass is 10.0. The highest BCUT2D eigenvalue weighted by Gasteiger charge is 2.14. The van der Waals surface area contributed by atoms with Gasteiger partial charge in [-0.1, -0.05) is 19.9 Å². The smallest absolute Gasteiger partial charge is 0.221 e. The van der Waals surface area contributed by atoms with Crippen LogP contribution < -0.4 is 4.74 Å². The maximum Gasteiger partial charge on any atom is 0.221 e. The van der Waals surface area contributed by atoms with Crippen molar-refractivity contribution in [3.63, 3.8) is 0 Å². The van der Waals surface area contributed by atoms with Gasteiger partial charge in [-0.05, 0) is 53.9 Å². The Kier molecular flexibility index (Phi) is 4.36. The predicted molar refractivity (Wildman–Crippen MR) is 105 cm³/mol. The zero-order valence-corrected chi connectivity index (χ0v) is 15.5. The third-order valence-corrected chi connectivity index (χ3v) is 4.72. The average molecular weight is 361 g/mol.